The summed E-state index contributed by atoms with van der Waals surface area (Å²) >= 11 is 0. The van der Waals surface area contributed by atoms with Crippen molar-refractivity contribution in [3.63, 3.8) is 0 Å². The third-order valence-electron chi connectivity index (χ3n) is 4.54. The molecule has 0 fully saturated rings. The predicted molar refractivity (Wildman–Crippen MR) is 83.9 cm³/mol. The smallest absolute Gasteiger partial charge is 0.313 e. The molecule has 0 radical (unpaired) electrons. The number of nitrogens with zero attached hydrogens (tertiary/aromatic N) is 5. The van der Waals surface area contributed by atoms with Gasteiger partial charge in [-0.25, -0.2) is 4.79 Å². The van der Waals surface area contributed by atoms with Crippen LogP contribution in [0, 0.1) is 0 Å². The Balaban J connectivity index is 1.81. The number of aromatic nitrogens is 5. The lowest BCUT2D eigenvalue weighted by molar-refractivity contribution is 0.585. The van der Waals surface area contributed by atoms with E-state index in [0.717, 1.165) is 42.1 Å². The number of rotatable bonds is 2. The van der Waals surface area contributed by atoms with E-state index in [-0.39, 0.29) is 5.69 Å². The highest BCUT2D eigenvalue weighted by atomic mass is 16.1. The first-order valence-corrected chi connectivity index (χ1v) is 7.81. The summed E-state index contributed by atoms with van der Waals surface area (Å²) in [6.07, 6.45) is 4.54. The number of imidazole rings is 1. The summed E-state index contributed by atoms with van der Waals surface area (Å²) < 4.78 is 5.67. The Hall–Kier alpha value is -2.37. The van der Waals surface area contributed by atoms with E-state index in [0.29, 0.717) is 6.54 Å². The summed E-state index contributed by atoms with van der Waals surface area (Å²) in [5.74, 6) is 1.94. The van der Waals surface area contributed by atoms with Gasteiger partial charge in [0.2, 0.25) is 0 Å². The number of aryl methyl sites for hydroxylation is 2. The molecule has 0 bridgehead atoms. The first kappa shape index (κ1) is 13.3. The number of para-hydroxylation sites is 2. The van der Waals surface area contributed by atoms with E-state index in [1.165, 1.54) is 12.8 Å². The monoisotopic (exact) mass is 297 g/mol. The van der Waals surface area contributed by atoms with Crippen LogP contribution in [-0.4, -0.2) is 23.9 Å². The van der Waals surface area contributed by atoms with E-state index in [1.54, 1.807) is 9.13 Å². The topological polar surface area (TPSA) is 57.6 Å². The van der Waals surface area contributed by atoms with Crippen LogP contribution in [0.1, 0.15) is 30.9 Å². The lowest BCUT2D eigenvalue weighted by atomic mass is 10.2. The van der Waals surface area contributed by atoms with Crippen LogP contribution in [0.5, 0.6) is 0 Å². The van der Waals surface area contributed by atoms with E-state index in [1.807, 2.05) is 31.3 Å². The highest BCUT2D eigenvalue weighted by Crippen LogP contribution is 2.17. The summed E-state index contributed by atoms with van der Waals surface area (Å²) in [4.78, 5) is 12.5. The second kappa shape index (κ2) is 5.12. The van der Waals surface area contributed by atoms with Crippen molar-refractivity contribution in [1.82, 2.24) is 23.9 Å². The van der Waals surface area contributed by atoms with Gasteiger partial charge in [0.1, 0.15) is 5.82 Å². The summed E-state index contributed by atoms with van der Waals surface area (Å²) in [7, 11) is 1.81. The van der Waals surface area contributed by atoms with Gasteiger partial charge >= 0.3 is 5.69 Å². The fraction of sp³-hybridized carbons (Fsp3) is 0.438. The molecule has 6 nitrogen and oxygen atoms in total. The van der Waals surface area contributed by atoms with Crippen molar-refractivity contribution >= 4 is 11.0 Å². The Morgan fingerprint density at radius 3 is 2.77 bits per heavy atom. The van der Waals surface area contributed by atoms with Crippen LogP contribution in [0.25, 0.3) is 11.0 Å². The highest BCUT2D eigenvalue weighted by molar-refractivity contribution is 5.75. The van der Waals surface area contributed by atoms with Gasteiger partial charge in [0.15, 0.2) is 5.82 Å². The molecule has 6 heteroatoms. The minimum Gasteiger partial charge on any atom is -0.313 e. The van der Waals surface area contributed by atoms with Gasteiger partial charge in [-0.2, -0.15) is 0 Å². The zero-order chi connectivity index (χ0) is 15.1. The fourth-order valence-corrected chi connectivity index (χ4v) is 3.32. The zero-order valence-corrected chi connectivity index (χ0v) is 12.7. The third kappa shape index (κ3) is 1.98. The number of hydrogen-bond donors (Lipinski definition) is 0. The van der Waals surface area contributed by atoms with Crippen molar-refractivity contribution in [3.05, 3.63) is 46.4 Å². The van der Waals surface area contributed by atoms with Crippen molar-refractivity contribution in [2.45, 2.75) is 38.8 Å². The lowest BCUT2D eigenvalue weighted by Crippen LogP contribution is -2.24. The van der Waals surface area contributed by atoms with Gasteiger partial charge in [0.25, 0.3) is 0 Å². The Labute approximate surface area is 128 Å². The van der Waals surface area contributed by atoms with Crippen LogP contribution in [0.4, 0.5) is 0 Å². The standard InChI is InChI=1S/C16H19N5O/c1-19-12-7-4-5-8-13(12)21(16(19)22)11-15-18-17-14-9-3-2-6-10-20(14)15/h4-5,7-8H,2-3,6,9-11H2,1H3. The number of benzene rings is 1. The van der Waals surface area contributed by atoms with E-state index in [2.05, 4.69) is 14.8 Å². The summed E-state index contributed by atoms with van der Waals surface area (Å²) in [5.41, 5.74) is 1.89. The lowest BCUT2D eigenvalue weighted by Gasteiger charge is -2.07. The maximum Gasteiger partial charge on any atom is 0.329 e. The molecular formula is C16H19N5O. The van der Waals surface area contributed by atoms with Crippen LogP contribution in [-0.2, 0) is 26.6 Å². The van der Waals surface area contributed by atoms with E-state index in [9.17, 15) is 4.79 Å². The van der Waals surface area contributed by atoms with Crippen LogP contribution >= 0.6 is 0 Å². The van der Waals surface area contributed by atoms with E-state index < -0.39 is 0 Å². The van der Waals surface area contributed by atoms with Gasteiger partial charge in [-0.1, -0.05) is 18.6 Å². The average molecular weight is 297 g/mol. The molecule has 1 aliphatic heterocycles. The Bertz CT molecular complexity index is 886. The van der Waals surface area contributed by atoms with Crippen molar-refractivity contribution in [1.29, 1.82) is 0 Å². The average Bonchev–Trinajstić information content (AvgIpc) is 2.91. The maximum absolute atomic E-state index is 12.5. The largest absolute Gasteiger partial charge is 0.329 e. The number of hydrogen-bond acceptors (Lipinski definition) is 3. The van der Waals surface area contributed by atoms with E-state index >= 15 is 0 Å². The van der Waals surface area contributed by atoms with Gasteiger partial charge in [0, 0.05) is 20.0 Å². The molecule has 0 aliphatic carbocycles. The van der Waals surface area contributed by atoms with Crippen LogP contribution < -0.4 is 5.69 Å². The van der Waals surface area contributed by atoms with Gasteiger partial charge in [-0.3, -0.25) is 9.13 Å². The molecule has 1 aromatic carbocycles. The van der Waals surface area contributed by atoms with Crippen molar-refractivity contribution in [2.24, 2.45) is 7.05 Å². The molecule has 2 aromatic heterocycles. The number of fused-ring (bicyclic) bond motifs is 2. The van der Waals surface area contributed by atoms with Crippen molar-refractivity contribution in [2.75, 3.05) is 0 Å². The SMILES string of the molecule is Cn1c(=O)n(Cc2nnc3n2CCCCC3)c2ccccc21. The quantitative estimate of drug-likeness (QED) is 0.723. The zero-order valence-electron chi connectivity index (χ0n) is 12.7. The molecule has 0 saturated heterocycles. The molecule has 22 heavy (non-hydrogen) atoms. The van der Waals surface area contributed by atoms with Gasteiger partial charge in [0.05, 0.1) is 17.6 Å². The molecule has 0 atom stereocenters. The second-order valence-electron chi connectivity index (χ2n) is 5.91. The molecule has 0 amide bonds. The van der Waals surface area contributed by atoms with Crippen molar-refractivity contribution in [3.8, 4) is 0 Å². The molecule has 0 N–H and O–H groups in total. The normalized spacial score (nSPS) is 15.0. The fourth-order valence-electron chi connectivity index (χ4n) is 3.32. The molecule has 3 aromatic rings. The Morgan fingerprint density at radius 2 is 1.91 bits per heavy atom. The molecule has 1 aliphatic rings. The first-order chi connectivity index (χ1) is 10.8. The van der Waals surface area contributed by atoms with Gasteiger partial charge in [-0.15, -0.1) is 10.2 Å². The predicted octanol–water partition coefficient (Wildman–Crippen LogP) is 1.71. The van der Waals surface area contributed by atoms with Crippen LogP contribution in [0.3, 0.4) is 0 Å². The van der Waals surface area contributed by atoms with E-state index in [4.69, 9.17) is 0 Å². The molecule has 0 saturated carbocycles. The summed E-state index contributed by atoms with van der Waals surface area (Å²) in [6.45, 7) is 1.43. The summed E-state index contributed by atoms with van der Waals surface area (Å²) in [6, 6.07) is 7.87. The van der Waals surface area contributed by atoms with Crippen LogP contribution in [0.2, 0.25) is 0 Å². The first-order valence-electron chi connectivity index (χ1n) is 7.81. The Kier molecular flexibility index (Phi) is 3.10. The van der Waals surface area contributed by atoms with Gasteiger partial charge in [-0.05, 0) is 25.0 Å². The molecule has 4 rings (SSSR count). The summed E-state index contributed by atoms with van der Waals surface area (Å²) in [5, 5.41) is 8.66. The third-order valence-corrected chi connectivity index (χ3v) is 4.54. The second-order valence-corrected chi connectivity index (χ2v) is 5.91. The van der Waals surface area contributed by atoms with Crippen molar-refractivity contribution < 1.29 is 0 Å². The molecular weight excluding hydrogens is 278 g/mol. The molecule has 0 unspecified atom stereocenters. The highest BCUT2D eigenvalue weighted by Gasteiger charge is 2.17. The molecule has 3 heterocycles. The van der Waals surface area contributed by atoms with Crippen LogP contribution in [0.15, 0.2) is 29.1 Å². The van der Waals surface area contributed by atoms with Gasteiger partial charge < -0.3 is 4.57 Å². The maximum atomic E-state index is 12.5. The molecule has 114 valence electrons. The minimum atomic E-state index is -0.00725. The minimum absolute atomic E-state index is 0.00725. The Morgan fingerprint density at radius 1 is 1.09 bits per heavy atom. The molecule has 0 spiro atoms.